The second kappa shape index (κ2) is 4.27. The second-order valence-electron chi connectivity index (χ2n) is 2.79. The SMILES string of the molecule is Cc1cc(Br)cc(CCC#N)c1. The summed E-state index contributed by atoms with van der Waals surface area (Å²) in [4.78, 5) is 0. The van der Waals surface area contributed by atoms with Crippen molar-refractivity contribution in [3.63, 3.8) is 0 Å². The van der Waals surface area contributed by atoms with E-state index in [0.717, 1.165) is 10.9 Å². The zero-order chi connectivity index (χ0) is 8.97. The first-order valence-electron chi connectivity index (χ1n) is 3.85. The fraction of sp³-hybridized carbons (Fsp3) is 0.300. The van der Waals surface area contributed by atoms with Crippen LogP contribution in [0.5, 0.6) is 0 Å². The number of hydrogen-bond acceptors (Lipinski definition) is 1. The summed E-state index contributed by atoms with van der Waals surface area (Å²) in [6, 6.07) is 8.38. The number of nitrogens with zero attached hydrogens (tertiary/aromatic N) is 1. The number of nitriles is 1. The third-order valence-corrected chi connectivity index (χ3v) is 2.09. The van der Waals surface area contributed by atoms with Gasteiger partial charge in [0.15, 0.2) is 0 Å². The van der Waals surface area contributed by atoms with Crippen LogP contribution in [0.3, 0.4) is 0 Å². The average Bonchev–Trinajstić information content (AvgIpc) is 1.99. The molecule has 0 saturated heterocycles. The first-order chi connectivity index (χ1) is 5.72. The van der Waals surface area contributed by atoms with Crippen molar-refractivity contribution in [1.29, 1.82) is 5.26 Å². The van der Waals surface area contributed by atoms with Crippen LogP contribution >= 0.6 is 15.9 Å². The van der Waals surface area contributed by atoms with E-state index in [1.807, 2.05) is 0 Å². The fourth-order valence-electron chi connectivity index (χ4n) is 1.16. The Morgan fingerprint density at radius 1 is 1.42 bits per heavy atom. The van der Waals surface area contributed by atoms with Crippen LogP contribution in [-0.2, 0) is 6.42 Å². The summed E-state index contributed by atoms with van der Waals surface area (Å²) in [7, 11) is 0. The van der Waals surface area contributed by atoms with E-state index in [2.05, 4.69) is 47.1 Å². The molecule has 0 amide bonds. The topological polar surface area (TPSA) is 23.8 Å². The molecule has 0 fully saturated rings. The summed E-state index contributed by atoms with van der Waals surface area (Å²) in [5.74, 6) is 0. The van der Waals surface area contributed by atoms with Gasteiger partial charge in [-0.1, -0.05) is 22.0 Å². The Hall–Kier alpha value is -0.810. The molecule has 2 heteroatoms. The molecule has 0 spiro atoms. The third kappa shape index (κ3) is 2.67. The quantitative estimate of drug-likeness (QED) is 0.756. The van der Waals surface area contributed by atoms with Crippen LogP contribution in [0.1, 0.15) is 17.5 Å². The molecule has 1 rings (SSSR count). The Bertz CT molecular complexity index is 292. The van der Waals surface area contributed by atoms with Crippen LogP contribution in [0.15, 0.2) is 22.7 Å². The maximum absolute atomic E-state index is 8.40. The largest absolute Gasteiger partial charge is 0.198 e. The molecular formula is C10H10BrN. The van der Waals surface area contributed by atoms with E-state index in [-0.39, 0.29) is 0 Å². The summed E-state index contributed by atoms with van der Waals surface area (Å²) in [6.45, 7) is 2.06. The minimum atomic E-state index is 0.593. The molecule has 0 radical (unpaired) electrons. The molecule has 0 aliphatic heterocycles. The third-order valence-electron chi connectivity index (χ3n) is 1.63. The molecule has 0 unspecified atom stereocenters. The summed E-state index contributed by atoms with van der Waals surface area (Å²) >= 11 is 3.42. The summed E-state index contributed by atoms with van der Waals surface area (Å²) in [5.41, 5.74) is 2.46. The van der Waals surface area contributed by atoms with Gasteiger partial charge in [-0.15, -0.1) is 0 Å². The molecule has 1 nitrogen and oxygen atoms in total. The van der Waals surface area contributed by atoms with Gasteiger partial charge in [0, 0.05) is 10.9 Å². The Labute approximate surface area is 81.2 Å². The van der Waals surface area contributed by atoms with Gasteiger partial charge in [-0.25, -0.2) is 0 Å². The molecule has 0 N–H and O–H groups in total. The molecule has 0 bridgehead atoms. The lowest BCUT2D eigenvalue weighted by Gasteiger charge is -2.00. The smallest absolute Gasteiger partial charge is 0.0625 e. The molecule has 1 aromatic carbocycles. The van der Waals surface area contributed by atoms with E-state index in [4.69, 9.17) is 5.26 Å². The average molecular weight is 224 g/mol. The number of rotatable bonds is 2. The molecule has 1 aromatic rings. The van der Waals surface area contributed by atoms with Crippen LogP contribution < -0.4 is 0 Å². The zero-order valence-corrected chi connectivity index (χ0v) is 8.56. The molecule has 0 aromatic heterocycles. The maximum atomic E-state index is 8.40. The van der Waals surface area contributed by atoms with Crippen molar-refractivity contribution in [2.45, 2.75) is 19.8 Å². The number of aryl methyl sites for hydroxylation is 2. The Balaban J connectivity index is 2.80. The van der Waals surface area contributed by atoms with E-state index < -0.39 is 0 Å². The predicted octanol–water partition coefficient (Wildman–Crippen LogP) is 3.21. The van der Waals surface area contributed by atoms with Crippen molar-refractivity contribution in [1.82, 2.24) is 0 Å². The first kappa shape index (κ1) is 9.28. The minimum absolute atomic E-state index is 0.593. The number of hydrogen-bond donors (Lipinski definition) is 0. The monoisotopic (exact) mass is 223 g/mol. The van der Waals surface area contributed by atoms with Gasteiger partial charge in [-0.2, -0.15) is 5.26 Å². The Morgan fingerprint density at radius 2 is 2.17 bits per heavy atom. The van der Waals surface area contributed by atoms with E-state index in [1.54, 1.807) is 0 Å². The van der Waals surface area contributed by atoms with Crippen LogP contribution in [0.2, 0.25) is 0 Å². The normalized spacial score (nSPS) is 9.42. The van der Waals surface area contributed by atoms with Crippen molar-refractivity contribution >= 4 is 15.9 Å². The summed E-state index contributed by atoms with van der Waals surface area (Å²) in [5, 5.41) is 8.40. The lowest BCUT2D eigenvalue weighted by molar-refractivity contribution is 1.01. The van der Waals surface area contributed by atoms with E-state index in [1.165, 1.54) is 11.1 Å². The highest BCUT2D eigenvalue weighted by Gasteiger charge is 1.95. The fourth-order valence-corrected chi connectivity index (χ4v) is 1.81. The van der Waals surface area contributed by atoms with Crippen LogP contribution in [0.25, 0.3) is 0 Å². The molecule has 0 saturated carbocycles. The number of halogens is 1. The highest BCUT2D eigenvalue weighted by atomic mass is 79.9. The molecule has 0 atom stereocenters. The van der Waals surface area contributed by atoms with Gasteiger partial charge in [0.25, 0.3) is 0 Å². The molecule has 0 aliphatic rings. The van der Waals surface area contributed by atoms with E-state index >= 15 is 0 Å². The lowest BCUT2D eigenvalue weighted by atomic mass is 10.1. The molecule has 62 valence electrons. The van der Waals surface area contributed by atoms with Gasteiger partial charge in [0.05, 0.1) is 6.07 Å². The van der Waals surface area contributed by atoms with Crippen molar-refractivity contribution in [3.8, 4) is 6.07 Å². The van der Waals surface area contributed by atoms with Crippen LogP contribution in [0.4, 0.5) is 0 Å². The summed E-state index contributed by atoms with van der Waals surface area (Å²) < 4.78 is 1.09. The molecule has 0 heterocycles. The number of benzene rings is 1. The van der Waals surface area contributed by atoms with Gasteiger partial charge < -0.3 is 0 Å². The van der Waals surface area contributed by atoms with Gasteiger partial charge in [0.1, 0.15) is 0 Å². The Morgan fingerprint density at radius 3 is 2.75 bits per heavy atom. The van der Waals surface area contributed by atoms with Crippen molar-refractivity contribution in [3.05, 3.63) is 33.8 Å². The highest BCUT2D eigenvalue weighted by molar-refractivity contribution is 9.10. The van der Waals surface area contributed by atoms with Crippen molar-refractivity contribution < 1.29 is 0 Å². The van der Waals surface area contributed by atoms with E-state index in [9.17, 15) is 0 Å². The van der Waals surface area contributed by atoms with Gasteiger partial charge in [-0.05, 0) is 36.6 Å². The van der Waals surface area contributed by atoms with Crippen molar-refractivity contribution in [2.75, 3.05) is 0 Å². The van der Waals surface area contributed by atoms with Crippen molar-refractivity contribution in [2.24, 2.45) is 0 Å². The molecular weight excluding hydrogens is 214 g/mol. The highest BCUT2D eigenvalue weighted by Crippen LogP contribution is 2.16. The Kier molecular flexibility index (Phi) is 3.31. The van der Waals surface area contributed by atoms with Gasteiger partial charge in [-0.3, -0.25) is 0 Å². The zero-order valence-electron chi connectivity index (χ0n) is 6.97. The predicted molar refractivity (Wildman–Crippen MR) is 52.8 cm³/mol. The first-order valence-corrected chi connectivity index (χ1v) is 4.64. The van der Waals surface area contributed by atoms with Crippen LogP contribution in [0, 0.1) is 18.3 Å². The molecule has 12 heavy (non-hydrogen) atoms. The summed E-state index contributed by atoms with van der Waals surface area (Å²) in [6.07, 6.45) is 1.44. The van der Waals surface area contributed by atoms with E-state index in [0.29, 0.717) is 6.42 Å². The minimum Gasteiger partial charge on any atom is -0.198 e. The molecule has 0 aliphatic carbocycles. The maximum Gasteiger partial charge on any atom is 0.0625 e. The van der Waals surface area contributed by atoms with Crippen LogP contribution in [-0.4, -0.2) is 0 Å². The second-order valence-corrected chi connectivity index (χ2v) is 3.71. The standard InChI is InChI=1S/C10H10BrN/c1-8-5-9(3-2-4-12)7-10(11)6-8/h5-7H,2-3H2,1H3. The van der Waals surface area contributed by atoms with Gasteiger partial charge in [0.2, 0.25) is 0 Å². The lowest BCUT2D eigenvalue weighted by Crippen LogP contribution is -1.85. The van der Waals surface area contributed by atoms with Gasteiger partial charge >= 0.3 is 0 Å².